The molecule has 1 saturated heterocycles. The molecule has 1 heterocycles. The van der Waals surface area contributed by atoms with Crippen molar-refractivity contribution in [2.45, 2.75) is 20.3 Å². The third-order valence-corrected chi connectivity index (χ3v) is 3.20. The number of hydrogen-bond acceptors (Lipinski definition) is 4. The van der Waals surface area contributed by atoms with E-state index in [0.717, 1.165) is 16.8 Å². The average Bonchev–Trinajstić information content (AvgIpc) is 2.39. The maximum atomic E-state index is 9.02. The predicted molar refractivity (Wildman–Crippen MR) is 74.9 cm³/mol. The molecule has 0 radical (unpaired) electrons. The number of aliphatic hydroxyl groups excluding tert-OH is 1. The molecule has 2 rings (SSSR count). The van der Waals surface area contributed by atoms with E-state index in [2.05, 4.69) is 13.8 Å². The number of hydrogen-bond donors (Lipinski definition) is 1. The summed E-state index contributed by atoms with van der Waals surface area (Å²) >= 11 is 0. The first-order chi connectivity index (χ1) is 9.05. The van der Waals surface area contributed by atoms with Gasteiger partial charge < -0.3 is 19.2 Å². The van der Waals surface area contributed by atoms with Crippen molar-refractivity contribution in [1.82, 2.24) is 0 Å². The molecule has 0 unspecified atom stereocenters. The molecule has 104 valence electrons. The highest BCUT2D eigenvalue weighted by Gasteiger charge is 2.35. The van der Waals surface area contributed by atoms with Crippen molar-refractivity contribution in [3.05, 3.63) is 23.8 Å². The van der Waals surface area contributed by atoms with Gasteiger partial charge in [0, 0.05) is 30.7 Å². The molecule has 1 aliphatic heterocycles. The van der Waals surface area contributed by atoms with Crippen LogP contribution >= 0.6 is 0 Å². The van der Waals surface area contributed by atoms with Crippen LogP contribution in [0.3, 0.4) is 0 Å². The Morgan fingerprint density at radius 2 is 2.00 bits per heavy atom. The lowest BCUT2D eigenvalue weighted by Gasteiger charge is -2.33. The van der Waals surface area contributed by atoms with E-state index in [0.29, 0.717) is 19.6 Å². The van der Waals surface area contributed by atoms with Crippen LogP contribution in [0.15, 0.2) is 18.2 Å². The topological polar surface area (TPSA) is 47.9 Å². The van der Waals surface area contributed by atoms with Gasteiger partial charge in [-0.2, -0.15) is 0 Å². The normalized spacial score (nSPS) is 18.4. The Morgan fingerprint density at radius 3 is 2.58 bits per heavy atom. The smallest absolute Gasteiger partial charge is 0.497 e. The first-order valence-electron chi connectivity index (χ1n) is 6.56. The van der Waals surface area contributed by atoms with Gasteiger partial charge in [0.25, 0.3) is 0 Å². The first kappa shape index (κ1) is 14.4. The lowest BCUT2D eigenvalue weighted by molar-refractivity contribution is 0.0341. The van der Waals surface area contributed by atoms with Gasteiger partial charge in [0.05, 0.1) is 7.11 Å². The van der Waals surface area contributed by atoms with Gasteiger partial charge in [0.15, 0.2) is 0 Å². The zero-order valence-corrected chi connectivity index (χ0v) is 11.8. The summed E-state index contributed by atoms with van der Waals surface area (Å²) in [5, 5.41) is 9.02. The Kier molecular flexibility index (Phi) is 4.50. The van der Waals surface area contributed by atoms with Crippen molar-refractivity contribution in [2.75, 3.05) is 26.9 Å². The van der Waals surface area contributed by atoms with Crippen molar-refractivity contribution in [3.63, 3.8) is 0 Å². The molecular weight excluding hydrogens is 243 g/mol. The summed E-state index contributed by atoms with van der Waals surface area (Å²) in [5.74, 6) is 0.756. The van der Waals surface area contributed by atoms with E-state index in [1.807, 2.05) is 18.2 Å². The minimum Gasteiger partial charge on any atom is -0.497 e. The van der Waals surface area contributed by atoms with Crippen LogP contribution in [-0.2, 0) is 15.7 Å². The second-order valence-electron chi connectivity index (χ2n) is 5.67. The van der Waals surface area contributed by atoms with Gasteiger partial charge in [-0.05, 0) is 18.1 Å². The van der Waals surface area contributed by atoms with E-state index in [-0.39, 0.29) is 19.1 Å². The molecule has 1 aromatic carbocycles. The van der Waals surface area contributed by atoms with Gasteiger partial charge in [-0.1, -0.05) is 26.0 Å². The van der Waals surface area contributed by atoms with Crippen molar-refractivity contribution in [3.8, 4) is 5.75 Å². The largest absolute Gasteiger partial charge is 0.497 e. The molecule has 4 nitrogen and oxygen atoms in total. The van der Waals surface area contributed by atoms with Crippen LogP contribution in [0.5, 0.6) is 5.75 Å². The van der Waals surface area contributed by atoms with Crippen LogP contribution in [0, 0.1) is 5.41 Å². The third kappa shape index (κ3) is 3.50. The Bertz CT molecular complexity index is 423. The average molecular weight is 264 g/mol. The molecule has 1 N–H and O–H groups in total. The van der Waals surface area contributed by atoms with Crippen LogP contribution in [0.1, 0.15) is 19.4 Å². The summed E-state index contributed by atoms with van der Waals surface area (Å²) in [5.41, 5.74) is 1.99. The molecule has 0 spiro atoms. The summed E-state index contributed by atoms with van der Waals surface area (Å²) in [7, 11) is 1.25. The van der Waals surface area contributed by atoms with Gasteiger partial charge >= 0.3 is 7.12 Å². The minimum absolute atomic E-state index is 0.0481. The molecule has 5 heteroatoms. The maximum Gasteiger partial charge on any atom is 0.497 e. The second-order valence-corrected chi connectivity index (χ2v) is 5.67. The molecule has 0 bridgehead atoms. The summed E-state index contributed by atoms with van der Waals surface area (Å²) in [6.45, 7) is 5.67. The third-order valence-electron chi connectivity index (χ3n) is 3.20. The Balaban J connectivity index is 2.20. The van der Waals surface area contributed by atoms with E-state index in [4.69, 9.17) is 19.2 Å². The highest BCUT2D eigenvalue weighted by molar-refractivity contribution is 6.62. The van der Waals surface area contributed by atoms with E-state index in [9.17, 15) is 0 Å². The predicted octanol–water partition coefficient (Wildman–Crippen LogP) is 0.998. The van der Waals surface area contributed by atoms with Crippen molar-refractivity contribution < 1.29 is 19.2 Å². The van der Waals surface area contributed by atoms with Crippen LogP contribution in [-0.4, -0.2) is 39.2 Å². The highest BCUT2D eigenvalue weighted by Crippen LogP contribution is 2.23. The summed E-state index contributed by atoms with van der Waals surface area (Å²) in [6.07, 6.45) is 0.620. The number of ether oxygens (including phenoxy) is 1. The SMILES string of the molecule is COc1ccc(CCO)cc1B1OCC(C)(C)CO1. The molecule has 0 amide bonds. The Labute approximate surface area is 114 Å². The molecule has 0 aliphatic carbocycles. The molecular formula is C14H21BO4. The summed E-state index contributed by atoms with van der Waals surface area (Å²) < 4.78 is 16.9. The van der Waals surface area contributed by atoms with Crippen LogP contribution in [0.2, 0.25) is 0 Å². The molecule has 1 aliphatic rings. The Hall–Kier alpha value is -1.04. The van der Waals surface area contributed by atoms with E-state index >= 15 is 0 Å². The van der Waals surface area contributed by atoms with Gasteiger partial charge in [0.2, 0.25) is 0 Å². The second kappa shape index (κ2) is 5.95. The monoisotopic (exact) mass is 264 g/mol. The van der Waals surface area contributed by atoms with Crippen LogP contribution in [0.4, 0.5) is 0 Å². The van der Waals surface area contributed by atoms with Gasteiger partial charge in [-0.15, -0.1) is 0 Å². The van der Waals surface area contributed by atoms with Crippen molar-refractivity contribution in [2.24, 2.45) is 5.41 Å². The fraction of sp³-hybridized carbons (Fsp3) is 0.571. The zero-order valence-electron chi connectivity index (χ0n) is 11.8. The standard InChI is InChI=1S/C14H21BO4/c1-14(2)9-18-15(19-10-14)12-8-11(6-7-16)4-5-13(12)17-3/h4-5,8,16H,6-7,9-10H2,1-3H3. The fourth-order valence-electron chi connectivity index (χ4n) is 2.12. The summed E-state index contributed by atoms with van der Waals surface area (Å²) in [6, 6.07) is 5.83. The molecule has 0 atom stereocenters. The van der Waals surface area contributed by atoms with Crippen molar-refractivity contribution in [1.29, 1.82) is 0 Å². The van der Waals surface area contributed by atoms with Gasteiger partial charge in [0.1, 0.15) is 5.75 Å². The van der Waals surface area contributed by atoms with Crippen molar-refractivity contribution >= 4 is 12.6 Å². The van der Waals surface area contributed by atoms with Gasteiger partial charge in [-0.25, -0.2) is 0 Å². The lowest BCUT2D eigenvalue weighted by atomic mass is 9.74. The van der Waals surface area contributed by atoms with Crippen LogP contribution < -0.4 is 10.2 Å². The first-order valence-corrected chi connectivity index (χ1v) is 6.56. The van der Waals surface area contributed by atoms with E-state index < -0.39 is 0 Å². The maximum absolute atomic E-state index is 9.02. The number of aliphatic hydroxyl groups is 1. The van der Waals surface area contributed by atoms with Crippen LogP contribution in [0.25, 0.3) is 0 Å². The summed E-state index contributed by atoms with van der Waals surface area (Å²) in [4.78, 5) is 0. The van der Waals surface area contributed by atoms with Gasteiger partial charge in [-0.3, -0.25) is 0 Å². The highest BCUT2D eigenvalue weighted by atomic mass is 16.6. The molecule has 19 heavy (non-hydrogen) atoms. The fourth-order valence-corrected chi connectivity index (χ4v) is 2.12. The van der Waals surface area contributed by atoms with E-state index in [1.165, 1.54) is 0 Å². The molecule has 0 aromatic heterocycles. The Morgan fingerprint density at radius 1 is 1.32 bits per heavy atom. The minimum atomic E-state index is -0.387. The number of methoxy groups -OCH3 is 1. The molecule has 0 saturated carbocycles. The quantitative estimate of drug-likeness (QED) is 0.824. The van der Waals surface area contributed by atoms with E-state index in [1.54, 1.807) is 7.11 Å². The molecule has 1 aromatic rings. The number of benzene rings is 1. The molecule has 1 fully saturated rings. The zero-order chi connectivity index (χ0) is 13.9. The lowest BCUT2D eigenvalue weighted by Crippen LogP contribution is -2.47. The number of rotatable bonds is 4.